The van der Waals surface area contributed by atoms with E-state index in [1.54, 1.807) is 13.2 Å². The second-order valence-electron chi connectivity index (χ2n) is 9.51. The first kappa shape index (κ1) is 24.8. The Kier molecular flexibility index (Phi) is 7.42. The van der Waals surface area contributed by atoms with Crippen LogP contribution in [0.15, 0.2) is 72.8 Å². The maximum Gasteiger partial charge on any atom is 0.326 e. The van der Waals surface area contributed by atoms with Crippen LogP contribution in [0.2, 0.25) is 0 Å². The van der Waals surface area contributed by atoms with Gasteiger partial charge in [0.15, 0.2) is 17.6 Å². The summed E-state index contributed by atoms with van der Waals surface area (Å²) in [6, 6.07) is 21.2. The van der Waals surface area contributed by atoms with Gasteiger partial charge >= 0.3 is 5.97 Å². The molecule has 1 amide bonds. The number of carboxylic acids is 1. The van der Waals surface area contributed by atoms with Crippen molar-refractivity contribution in [3.63, 3.8) is 0 Å². The molecule has 0 spiro atoms. The molecule has 0 unspecified atom stereocenters. The van der Waals surface area contributed by atoms with Crippen LogP contribution in [-0.2, 0) is 27.3 Å². The average molecular weight is 502 g/mol. The van der Waals surface area contributed by atoms with Crippen LogP contribution in [0.4, 0.5) is 0 Å². The number of hydrogen-bond donors (Lipinski definition) is 1. The lowest BCUT2D eigenvalue weighted by molar-refractivity contribution is -0.160. The second kappa shape index (κ2) is 11.0. The molecule has 192 valence electrons. The standard InChI is InChI=1S/C30H31NO6/c1-35-26-17-16-21-19-31(25(30(33)34)18-24(21)28(26)37-23-12-6-3-7-13-23)29(32)27(20-10-4-2-5-11-20)36-22-14-8-9-15-22/h2-7,10-13,16-17,22,25,27H,8-9,14-15,18-19H2,1H3,(H,33,34)/t25-,27-/m0/s1. The molecule has 2 aliphatic rings. The van der Waals surface area contributed by atoms with Crippen LogP contribution in [-0.4, -0.2) is 41.1 Å². The van der Waals surface area contributed by atoms with E-state index in [9.17, 15) is 14.7 Å². The number of aliphatic carboxylic acids is 1. The van der Waals surface area contributed by atoms with Crippen molar-refractivity contribution in [2.45, 2.75) is 56.9 Å². The van der Waals surface area contributed by atoms with E-state index in [1.807, 2.05) is 66.7 Å². The van der Waals surface area contributed by atoms with Gasteiger partial charge < -0.3 is 24.2 Å². The number of carbonyl (C=O) groups excluding carboxylic acids is 1. The number of rotatable bonds is 8. The lowest BCUT2D eigenvalue weighted by atomic mass is 9.91. The quantitative estimate of drug-likeness (QED) is 0.437. The number of benzene rings is 3. The summed E-state index contributed by atoms with van der Waals surface area (Å²) in [6.45, 7) is 0.137. The molecular formula is C30H31NO6. The number of methoxy groups -OCH3 is 1. The fourth-order valence-electron chi connectivity index (χ4n) is 5.22. The second-order valence-corrected chi connectivity index (χ2v) is 9.51. The molecule has 2 atom stereocenters. The molecule has 0 radical (unpaired) electrons. The Hall–Kier alpha value is -3.84. The SMILES string of the molecule is COc1ccc2c(c1Oc1ccccc1)C[C@@H](C(=O)O)N(C(=O)[C@@H](OC1CCCC1)c1ccccc1)C2. The smallest absolute Gasteiger partial charge is 0.326 e. The van der Waals surface area contributed by atoms with Gasteiger partial charge in [-0.25, -0.2) is 4.79 Å². The Bertz CT molecular complexity index is 1240. The molecule has 7 heteroatoms. The van der Waals surface area contributed by atoms with Gasteiger partial charge in [0, 0.05) is 18.5 Å². The van der Waals surface area contributed by atoms with Gasteiger partial charge in [0.2, 0.25) is 0 Å². The van der Waals surface area contributed by atoms with Crippen LogP contribution in [0.5, 0.6) is 17.2 Å². The molecule has 5 rings (SSSR count). The Morgan fingerprint density at radius 3 is 2.27 bits per heavy atom. The minimum absolute atomic E-state index is 0.00959. The van der Waals surface area contributed by atoms with Gasteiger partial charge in [-0.05, 0) is 42.2 Å². The van der Waals surface area contributed by atoms with E-state index < -0.39 is 18.1 Å². The predicted molar refractivity (Wildman–Crippen MR) is 138 cm³/mol. The zero-order valence-corrected chi connectivity index (χ0v) is 20.8. The Balaban J connectivity index is 1.50. The summed E-state index contributed by atoms with van der Waals surface area (Å²) in [5, 5.41) is 10.2. The van der Waals surface area contributed by atoms with Crippen molar-refractivity contribution in [1.82, 2.24) is 4.90 Å². The van der Waals surface area contributed by atoms with Crippen molar-refractivity contribution in [3.8, 4) is 17.2 Å². The highest BCUT2D eigenvalue weighted by atomic mass is 16.5. The van der Waals surface area contributed by atoms with Crippen molar-refractivity contribution in [1.29, 1.82) is 0 Å². The van der Waals surface area contributed by atoms with Gasteiger partial charge in [-0.1, -0.05) is 67.4 Å². The van der Waals surface area contributed by atoms with Gasteiger partial charge in [0.1, 0.15) is 11.8 Å². The number of amides is 1. The zero-order chi connectivity index (χ0) is 25.8. The topological polar surface area (TPSA) is 85.3 Å². The first-order valence-corrected chi connectivity index (χ1v) is 12.7. The molecule has 1 aliphatic carbocycles. The van der Waals surface area contributed by atoms with Crippen molar-refractivity contribution in [2.24, 2.45) is 0 Å². The van der Waals surface area contributed by atoms with Gasteiger partial charge in [-0.3, -0.25) is 4.79 Å². The van der Waals surface area contributed by atoms with E-state index in [1.165, 1.54) is 4.90 Å². The van der Waals surface area contributed by atoms with Crippen molar-refractivity contribution in [2.75, 3.05) is 7.11 Å². The Morgan fingerprint density at radius 2 is 1.62 bits per heavy atom. The molecule has 0 bridgehead atoms. The fraction of sp³-hybridized carbons (Fsp3) is 0.333. The number of para-hydroxylation sites is 1. The summed E-state index contributed by atoms with van der Waals surface area (Å²) in [6.07, 6.45) is 3.18. The maximum absolute atomic E-state index is 14.0. The number of fused-ring (bicyclic) bond motifs is 1. The van der Waals surface area contributed by atoms with Crippen LogP contribution in [0.1, 0.15) is 48.5 Å². The molecule has 1 fully saturated rings. The highest BCUT2D eigenvalue weighted by Crippen LogP contribution is 2.41. The molecule has 0 aromatic heterocycles. The van der Waals surface area contributed by atoms with Gasteiger partial charge in [-0.2, -0.15) is 0 Å². The van der Waals surface area contributed by atoms with Gasteiger partial charge in [-0.15, -0.1) is 0 Å². The number of carboxylic acid groups (broad SMARTS) is 1. The summed E-state index contributed by atoms with van der Waals surface area (Å²) in [5.41, 5.74) is 2.29. The van der Waals surface area contributed by atoms with E-state index in [-0.39, 0.29) is 25.0 Å². The van der Waals surface area contributed by atoms with Crippen LogP contribution in [0.3, 0.4) is 0 Å². The molecule has 0 saturated heterocycles. The maximum atomic E-state index is 14.0. The fourth-order valence-corrected chi connectivity index (χ4v) is 5.22. The minimum Gasteiger partial charge on any atom is -0.493 e. The number of nitrogens with zero attached hydrogens (tertiary/aromatic N) is 1. The number of hydrogen-bond acceptors (Lipinski definition) is 5. The predicted octanol–water partition coefficient (Wildman–Crippen LogP) is 5.53. The molecule has 1 aliphatic heterocycles. The molecular weight excluding hydrogens is 470 g/mol. The monoisotopic (exact) mass is 501 g/mol. The Labute approximate surface area is 216 Å². The van der Waals surface area contributed by atoms with Gasteiger partial charge in [0.25, 0.3) is 5.91 Å². The van der Waals surface area contributed by atoms with Crippen molar-refractivity contribution >= 4 is 11.9 Å². The summed E-state index contributed by atoms with van der Waals surface area (Å²) in [5.74, 6) is 0.205. The van der Waals surface area contributed by atoms with Crippen molar-refractivity contribution < 1.29 is 28.9 Å². The molecule has 1 N–H and O–H groups in total. The highest BCUT2D eigenvalue weighted by molar-refractivity contribution is 5.88. The van der Waals surface area contributed by atoms with Crippen LogP contribution in [0.25, 0.3) is 0 Å². The lowest BCUT2D eigenvalue weighted by Crippen LogP contribution is -2.50. The van der Waals surface area contributed by atoms with Crippen molar-refractivity contribution in [3.05, 3.63) is 89.5 Å². The highest BCUT2D eigenvalue weighted by Gasteiger charge is 2.41. The lowest BCUT2D eigenvalue weighted by Gasteiger charge is -2.37. The third-order valence-electron chi connectivity index (χ3n) is 7.14. The molecule has 3 aromatic carbocycles. The summed E-state index contributed by atoms with van der Waals surface area (Å²) < 4.78 is 18.1. The normalized spacial score (nSPS) is 18.2. The first-order valence-electron chi connectivity index (χ1n) is 12.7. The van der Waals surface area contributed by atoms with Crippen LogP contribution in [0, 0.1) is 0 Å². The van der Waals surface area contributed by atoms with E-state index >= 15 is 0 Å². The third-order valence-corrected chi connectivity index (χ3v) is 7.14. The molecule has 1 saturated carbocycles. The molecule has 37 heavy (non-hydrogen) atoms. The van der Waals surface area contributed by atoms with E-state index in [0.717, 1.165) is 42.4 Å². The summed E-state index contributed by atoms with van der Waals surface area (Å²) in [7, 11) is 1.55. The van der Waals surface area contributed by atoms with Crippen LogP contribution >= 0.6 is 0 Å². The van der Waals surface area contributed by atoms with E-state index in [4.69, 9.17) is 14.2 Å². The molecule has 7 nitrogen and oxygen atoms in total. The Morgan fingerprint density at radius 1 is 0.946 bits per heavy atom. The van der Waals surface area contributed by atoms with Gasteiger partial charge in [0.05, 0.1) is 13.2 Å². The average Bonchev–Trinajstić information content (AvgIpc) is 3.45. The largest absolute Gasteiger partial charge is 0.493 e. The molecule has 1 heterocycles. The first-order chi connectivity index (χ1) is 18.0. The number of ether oxygens (including phenoxy) is 3. The van der Waals surface area contributed by atoms with Crippen LogP contribution < -0.4 is 9.47 Å². The third kappa shape index (κ3) is 5.32. The van der Waals surface area contributed by atoms with E-state index in [0.29, 0.717) is 17.2 Å². The minimum atomic E-state index is -1.07. The zero-order valence-electron chi connectivity index (χ0n) is 20.8. The molecule has 3 aromatic rings. The van der Waals surface area contributed by atoms with E-state index in [2.05, 4.69) is 0 Å². The number of carbonyl (C=O) groups is 2. The summed E-state index contributed by atoms with van der Waals surface area (Å²) in [4.78, 5) is 27.9. The summed E-state index contributed by atoms with van der Waals surface area (Å²) >= 11 is 0.